The van der Waals surface area contributed by atoms with Crippen molar-refractivity contribution >= 4 is 23.1 Å². The molecule has 4 heteroatoms. The van der Waals surface area contributed by atoms with Crippen LogP contribution in [0.15, 0.2) is 48.2 Å². The fourth-order valence-electron chi connectivity index (χ4n) is 2.83. The Morgan fingerprint density at radius 1 is 0.833 bits per heavy atom. The molecule has 0 spiro atoms. The minimum atomic E-state index is -0.310. The number of carbonyl (C=O) groups excluding carboxylic acids is 2. The smallest absolute Gasteiger partial charge is 0.277 e. The topological polar surface area (TPSA) is 49.4 Å². The van der Waals surface area contributed by atoms with Crippen molar-refractivity contribution in [3.63, 3.8) is 0 Å². The number of aryl methyl sites for hydroxylation is 3. The van der Waals surface area contributed by atoms with Crippen LogP contribution < -0.4 is 5.32 Å². The third-order valence-electron chi connectivity index (χ3n) is 4.27. The van der Waals surface area contributed by atoms with Gasteiger partial charge in [-0.25, -0.2) is 0 Å². The average molecular weight is 320 g/mol. The Balaban J connectivity index is 2.10. The van der Waals surface area contributed by atoms with E-state index in [0.717, 1.165) is 32.8 Å². The van der Waals surface area contributed by atoms with Crippen LogP contribution in [0.25, 0.3) is 5.57 Å². The minimum Gasteiger partial charge on any atom is -0.350 e. The highest BCUT2D eigenvalue weighted by Crippen LogP contribution is 2.30. The molecule has 3 rings (SSSR count). The van der Waals surface area contributed by atoms with Crippen molar-refractivity contribution in [3.05, 3.63) is 70.4 Å². The predicted octanol–water partition coefficient (Wildman–Crippen LogP) is 3.43. The fourth-order valence-corrected chi connectivity index (χ4v) is 2.83. The molecule has 2 amide bonds. The number of anilines is 1. The molecular formula is C20H20N2O2. The average Bonchev–Trinajstić information content (AvgIpc) is 2.75. The molecule has 0 aliphatic carbocycles. The van der Waals surface area contributed by atoms with E-state index in [2.05, 4.69) is 5.32 Å². The summed E-state index contributed by atoms with van der Waals surface area (Å²) in [5.74, 6) is -0.591. The van der Waals surface area contributed by atoms with Crippen molar-refractivity contribution in [1.29, 1.82) is 0 Å². The molecule has 2 aromatic rings. The molecule has 122 valence electrons. The van der Waals surface area contributed by atoms with Gasteiger partial charge in [-0.05, 0) is 38.0 Å². The summed E-state index contributed by atoms with van der Waals surface area (Å²) in [5, 5.41) is 3.18. The minimum absolute atomic E-state index is 0.281. The molecular weight excluding hydrogens is 300 g/mol. The molecule has 2 aromatic carbocycles. The Bertz CT molecular complexity index is 864. The van der Waals surface area contributed by atoms with E-state index in [9.17, 15) is 9.59 Å². The zero-order valence-electron chi connectivity index (χ0n) is 14.3. The first-order valence-electron chi connectivity index (χ1n) is 7.86. The third-order valence-corrected chi connectivity index (χ3v) is 4.27. The molecule has 4 nitrogen and oxygen atoms in total. The molecule has 1 aliphatic heterocycles. The van der Waals surface area contributed by atoms with Gasteiger partial charge in [0.2, 0.25) is 0 Å². The Kier molecular flexibility index (Phi) is 3.97. The van der Waals surface area contributed by atoms with Crippen LogP contribution in [0, 0.1) is 20.8 Å². The van der Waals surface area contributed by atoms with E-state index in [1.54, 1.807) is 0 Å². The summed E-state index contributed by atoms with van der Waals surface area (Å²) in [5.41, 5.74) is 5.61. The highest BCUT2D eigenvalue weighted by Gasteiger charge is 2.36. The molecule has 1 aliphatic rings. The zero-order valence-corrected chi connectivity index (χ0v) is 14.3. The van der Waals surface area contributed by atoms with Crippen LogP contribution in [0.3, 0.4) is 0 Å². The van der Waals surface area contributed by atoms with Gasteiger partial charge in [-0.3, -0.25) is 14.5 Å². The number of likely N-dealkylation sites (N-methyl/N-ethyl adjacent to an activating group) is 1. The first-order chi connectivity index (χ1) is 11.4. The molecule has 0 aromatic heterocycles. The molecule has 0 saturated heterocycles. The number of imide groups is 1. The molecule has 0 atom stereocenters. The normalized spacial score (nSPS) is 14.6. The highest BCUT2D eigenvalue weighted by atomic mass is 16.2. The van der Waals surface area contributed by atoms with Gasteiger partial charge in [-0.1, -0.05) is 47.5 Å². The number of nitrogens with zero attached hydrogens (tertiary/aromatic N) is 1. The van der Waals surface area contributed by atoms with Crippen LogP contribution in [-0.4, -0.2) is 23.8 Å². The lowest BCUT2D eigenvalue weighted by Gasteiger charge is -2.12. The summed E-state index contributed by atoms with van der Waals surface area (Å²) >= 11 is 0. The Morgan fingerprint density at radius 3 is 2.08 bits per heavy atom. The molecule has 1 N–H and O–H groups in total. The summed E-state index contributed by atoms with van der Waals surface area (Å²) in [7, 11) is 1.51. The summed E-state index contributed by atoms with van der Waals surface area (Å²) in [6.45, 7) is 5.99. The van der Waals surface area contributed by atoms with Gasteiger partial charge in [0.1, 0.15) is 5.70 Å². The van der Waals surface area contributed by atoms with E-state index in [1.165, 1.54) is 7.05 Å². The third kappa shape index (κ3) is 2.71. The van der Waals surface area contributed by atoms with Crippen molar-refractivity contribution < 1.29 is 9.59 Å². The number of amides is 2. The highest BCUT2D eigenvalue weighted by molar-refractivity contribution is 6.36. The summed E-state index contributed by atoms with van der Waals surface area (Å²) in [4.78, 5) is 26.2. The first-order valence-corrected chi connectivity index (χ1v) is 7.86. The summed E-state index contributed by atoms with van der Waals surface area (Å²) in [6.07, 6.45) is 0. The van der Waals surface area contributed by atoms with E-state index < -0.39 is 0 Å². The molecule has 0 radical (unpaired) electrons. The lowest BCUT2D eigenvalue weighted by atomic mass is 10.0. The molecule has 1 heterocycles. The van der Waals surface area contributed by atoms with Crippen molar-refractivity contribution in [3.8, 4) is 0 Å². The number of rotatable bonds is 3. The Morgan fingerprint density at radius 2 is 1.46 bits per heavy atom. The lowest BCUT2D eigenvalue weighted by Crippen LogP contribution is -2.28. The molecule has 0 bridgehead atoms. The maximum atomic E-state index is 12.5. The number of benzene rings is 2. The second kappa shape index (κ2) is 5.96. The molecule has 0 unspecified atom stereocenters. The van der Waals surface area contributed by atoms with E-state index in [0.29, 0.717) is 11.3 Å². The van der Waals surface area contributed by atoms with Gasteiger partial charge >= 0.3 is 0 Å². The molecule has 0 saturated carbocycles. The van der Waals surface area contributed by atoms with Gasteiger partial charge in [-0.15, -0.1) is 0 Å². The van der Waals surface area contributed by atoms with Crippen molar-refractivity contribution in [2.24, 2.45) is 0 Å². The SMILES string of the molecule is Cc1ccc(C2=C(Nc3ccc(C)cc3C)C(=O)N(C)C2=O)cc1. The first kappa shape index (κ1) is 16.0. The maximum absolute atomic E-state index is 12.5. The number of hydrogen-bond donors (Lipinski definition) is 1. The maximum Gasteiger partial charge on any atom is 0.277 e. The van der Waals surface area contributed by atoms with Gasteiger partial charge in [0.25, 0.3) is 11.8 Å². The number of nitrogens with one attached hydrogen (secondary N) is 1. The molecule has 24 heavy (non-hydrogen) atoms. The van der Waals surface area contributed by atoms with E-state index in [4.69, 9.17) is 0 Å². The van der Waals surface area contributed by atoms with Crippen molar-refractivity contribution in [2.75, 3.05) is 12.4 Å². The second-order valence-corrected chi connectivity index (χ2v) is 6.23. The lowest BCUT2D eigenvalue weighted by molar-refractivity contribution is -0.135. The van der Waals surface area contributed by atoms with Gasteiger partial charge in [0.05, 0.1) is 5.57 Å². The quantitative estimate of drug-likeness (QED) is 0.882. The van der Waals surface area contributed by atoms with Crippen LogP contribution >= 0.6 is 0 Å². The van der Waals surface area contributed by atoms with E-state index in [-0.39, 0.29) is 11.8 Å². The van der Waals surface area contributed by atoms with Gasteiger partial charge in [-0.2, -0.15) is 0 Å². The van der Waals surface area contributed by atoms with Crippen LogP contribution in [-0.2, 0) is 9.59 Å². The van der Waals surface area contributed by atoms with Gasteiger partial charge in [0, 0.05) is 12.7 Å². The van der Waals surface area contributed by atoms with Crippen molar-refractivity contribution in [2.45, 2.75) is 20.8 Å². The van der Waals surface area contributed by atoms with E-state index >= 15 is 0 Å². The standard InChI is InChI=1S/C20H20N2O2/c1-12-5-8-15(9-6-12)17-18(20(24)22(4)19(17)23)21-16-10-7-13(2)11-14(16)3/h5-11,21H,1-4H3. The molecule has 0 fully saturated rings. The van der Waals surface area contributed by atoms with Crippen molar-refractivity contribution in [1.82, 2.24) is 4.90 Å². The second-order valence-electron chi connectivity index (χ2n) is 6.23. The van der Waals surface area contributed by atoms with Crippen LogP contribution in [0.2, 0.25) is 0 Å². The monoisotopic (exact) mass is 320 g/mol. The number of carbonyl (C=O) groups is 2. The van der Waals surface area contributed by atoms with Crippen LogP contribution in [0.5, 0.6) is 0 Å². The Hall–Kier alpha value is -2.88. The van der Waals surface area contributed by atoms with Crippen LogP contribution in [0.1, 0.15) is 22.3 Å². The summed E-state index contributed by atoms with van der Waals surface area (Å²) < 4.78 is 0. The Labute approximate surface area is 141 Å². The van der Waals surface area contributed by atoms with E-state index in [1.807, 2.05) is 63.2 Å². The fraction of sp³-hybridized carbons (Fsp3) is 0.200. The van der Waals surface area contributed by atoms with Gasteiger partial charge < -0.3 is 5.32 Å². The number of hydrogen-bond acceptors (Lipinski definition) is 3. The largest absolute Gasteiger partial charge is 0.350 e. The zero-order chi connectivity index (χ0) is 17.4. The van der Waals surface area contributed by atoms with Crippen LogP contribution in [0.4, 0.5) is 5.69 Å². The van der Waals surface area contributed by atoms with Gasteiger partial charge in [0.15, 0.2) is 0 Å². The predicted molar refractivity (Wildman–Crippen MR) is 95.4 cm³/mol. The summed E-state index contributed by atoms with van der Waals surface area (Å²) in [6, 6.07) is 13.6.